The number of nitrogens with zero attached hydrogens (tertiary/aromatic N) is 5. The zero-order valence-electron chi connectivity index (χ0n) is 14.4. The number of urea groups is 1. The molecule has 0 radical (unpaired) electrons. The molecule has 2 aliphatic heterocycles. The number of aliphatic imine (C=N–C) groups is 1. The zero-order valence-corrected chi connectivity index (χ0v) is 14.4. The van der Waals surface area contributed by atoms with Crippen molar-refractivity contribution in [3.8, 4) is 0 Å². The van der Waals surface area contributed by atoms with Gasteiger partial charge in [0.25, 0.3) is 5.91 Å². The number of imide groups is 1. The van der Waals surface area contributed by atoms with E-state index in [-0.39, 0.29) is 0 Å². The highest BCUT2D eigenvalue weighted by atomic mass is 16.5. The monoisotopic (exact) mass is 349 g/mol. The Bertz CT molecular complexity index is 783. The number of aryl methyl sites for hydroxylation is 1. The molecule has 2 N–H and O–H groups in total. The summed E-state index contributed by atoms with van der Waals surface area (Å²) in [6, 6.07) is -1.37. The summed E-state index contributed by atoms with van der Waals surface area (Å²) in [6.45, 7) is 2.77. The van der Waals surface area contributed by atoms with Crippen LogP contribution in [0.3, 0.4) is 0 Å². The molecular weight excluding hydrogens is 328 g/mol. The number of primary amides is 1. The van der Waals surface area contributed by atoms with Crippen molar-refractivity contribution in [2.24, 2.45) is 10.7 Å². The van der Waals surface area contributed by atoms with Crippen LogP contribution in [0.2, 0.25) is 0 Å². The van der Waals surface area contributed by atoms with Crippen LogP contribution in [0.25, 0.3) is 0 Å². The number of aromatic nitrogens is 2. The van der Waals surface area contributed by atoms with Gasteiger partial charge >= 0.3 is 12.0 Å². The Morgan fingerprint density at radius 2 is 2.16 bits per heavy atom. The first-order chi connectivity index (χ1) is 11.9. The van der Waals surface area contributed by atoms with Crippen LogP contribution >= 0.6 is 0 Å². The van der Waals surface area contributed by atoms with E-state index >= 15 is 0 Å². The lowest BCUT2D eigenvalue weighted by Crippen LogP contribution is -2.63. The molecule has 2 aliphatic rings. The fourth-order valence-corrected chi connectivity index (χ4v) is 3.18. The molecule has 1 atom stereocenters. The van der Waals surface area contributed by atoms with Gasteiger partial charge in [-0.3, -0.25) is 19.4 Å². The van der Waals surface area contributed by atoms with E-state index in [2.05, 4.69) is 4.99 Å². The number of nitrogens with two attached hydrogens (primary N) is 1. The first-order valence-electron chi connectivity index (χ1n) is 7.93. The lowest BCUT2D eigenvalue weighted by Gasteiger charge is -2.32. The average molecular weight is 349 g/mol. The molecule has 10 nitrogen and oxygen atoms in total. The van der Waals surface area contributed by atoms with E-state index in [1.807, 2.05) is 17.7 Å². The van der Waals surface area contributed by atoms with Gasteiger partial charge in [0.15, 0.2) is 0 Å². The fraction of sp³-hybridized carbons (Fsp3) is 0.533. The van der Waals surface area contributed by atoms with Crippen LogP contribution in [0.4, 0.5) is 10.7 Å². The summed E-state index contributed by atoms with van der Waals surface area (Å²) in [5, 5.41) is 0. The molecule has 1 aromatic rings. The highest BCUT2D eigenvalue weighted by molar-refractivity contribution is 6.19. The molecule has 1 fully saturated rings. The van der Waals surface area contributed by atoms with Crippen LogP contribution in [-0.2, 0) is 20.9 Å². The Kier molecular flexibility index (Phi) is 4.29. The first-order valence-corrected chi connectivity index (χ1v) is 7.93. The van der Waals surface area contributed by atoms with E-state index in [0.29, 0.717) is 24.9 Å². The Morgan fingerprint density at radius 3 is 2.80 bits per heavy atom. The lowest BCUT2D eigenvalue weighted by atomic mass is 10.1. The van der Waals surface area contributed by atoms with Crippen molar-refractivity contribution in [3.05, 3.63) is 11.9 Å². The number of carbonyl (C=O) groups excluding carboxylic acids is 3. The average Bonchev–Trinajstić information content (AvgIpc) is 3.06. The minimum absolute atomic E-state index is 0.353. The van der Waals surface area contributed by atoms with Crippen LogP contribution in [0.1, 0.15) is 18.2 Å². The second kappa shape index (κ2) is 6.28. The van der Waals surface area contributed by atoms with Gasteiger partial charge in [-0.25, -0.2) is 13.9 Å². The molecule has 4 amide bonds. The number of imidazole rings is 1. The fourth-order valence-electron chi connectivity index (χ4n) is 3.18. The zero-order chi connectivity index (χ0) is 18.3. The molecule has 1 saturated heterocycles. The number of likely N-dealkylation sites (N-methyl/N-ethyl adjacent to an activating group) is 1. The van der Waals surface area contributed by atoms with Crippen LogP contribution in [-0.4, -0.2) is 65.4 Å². The van der Waals surface area contributed by atoms with Gasteiger partial charge in [-0.15, -0.1) is 0 Å². The van der Waals surface area contributed by atoms with Gasteiger partial charge in [-0.1, -0.05) is 4.99 Å². The number of hydrogen-bond donors (Lipinski definition) is 1. The van der Waals surface area contributed by atoms with E-state index in [0.717, 1.165) is 17.0 Å². The van der Waals surface area contributed by atoms with E-state index in [9.17, 15) is 14.4 Å². The molecule has 1 unspecified atom stereocenters. The molecule has 0 spiro atoms. The smallest absolute Gasteiger partial charge is 0.385 e. The SMILES string of the molecule is COCCCn1c(C)c[n+]2c1N=C1C2C(=O)N(CC(N)=O)C(=O)N1C. The molecule has 25 heavy (non-hydrogen) atoms. The molecule has 0 aromatic carbocycles. The standard InChI is InChI=1S/C15H20N6O4/c1-9-7-20-11-12(17-14(20)19(9)5-4-6-25-3)18(2)15(24)21(13(11)23)8-10(16)22/h7,11H,4-6,8H2,1-3H3,(H-,16,22)/p+1. The number of rotatable bonds is 6. The van der Waals surface area contributed by atoms with Gasteiger partial charge in [0.05, 0.1) is 6.54 Å². The molecule has 0 aliphatic carbocycles. The van der Waals surface area contributed by atoms with Crippen molar-refractivity contribution in [2.75, 3.05) is 27.3 Å². The minimum atomic E-state index is -0.764. The summed E-state index contributed by atoms with van der Waals surface area (Å²) < 4.78 is 8.79. The summed E-state index contributed by atoms with van der Waals surface area (Å²) in [5.41, 5.74) is 6.11. The number of methoxy groups -OCH3 is 1. The van der Waals surface area contributed by atoms with Gasteiger partial charge in [-0.05, 0) is 6.92 Å². The normalized spacial score (nSPS) is 19.2. The van der Waals surface area contributed by atoms with Gasteiger partial charge in [0.1, 0.15) is 18.4 Å². The number of carbonyl (C=O) groups is 3. The van der Waals surface area contributed by atoms with Gasteiger partial charge < -0.3 is 10.5 Å². The number of fused-ring (bicyclic) bond motifs is 3. The predicted octanol–water partition coefficient (Wildman–Crippen LogP) is -0.915. The summed E-state index contributed by atoms with van der Waals surface area (Å²) >= 11 is 0. The third kappa shape index (κ3) is 2.68. The predicted molar refractivity (Wildman–Crippen MR) is 86.1 cm³/mol. The number of amides is 4. The van der Waals surface area contributed by atoms with E-state index in [4.69, 9.17) is 10.5 Å². The topological polar surface area (TPSA) is 114 Å². The maximum Gasteiger partial charge on any atom is 0.401 e. The molecular formula is C15H21N6O4+. The number of amidine groups is 1. The third-order valence-electron chi connectivity index (χ3n) is 4.37. The Balaban J connectivity index is 1.98. The molecule has 0 saturated carbocycles. The summed E-state index contributed by atoms with van der Waals surface area (Å²) in [5.74, 6) is -0.292. The van der Waals surface area contributed by atoms with Crippen molar-refractivity contribution in [3.63, 3.8) is 0 Å². The molecule has 0 bridgehead atoms. The summed E-state index contributed by atoms with van der Waals surface area (Å²) in [7, 11) is 3.17. The maximum atomic E-state index is 12.8. The van der Waals surface area contributed by atoms with Crippen molar-refractivity contribution in [1.82, 2.24) is 14.4 Å². The Morgan fingerprint density at radius 1 is 1.44 bits per heavy atom. The van der Waals surface area contributed by atoms with Crippen LogP contribution < -0.4 is 10.3 Å². The Hall–Kier alpha value is -2.75. The Labute approximate surface area is 144 Å². The van der Waals surface area contributed by atoms with Crippen molar-refractivity contribution >= 4 is 29.6 Å². The minimum Gasteiger partial charge on any atom is -0.385 e. The number of ether oxygens (including phenoxy) is 1. The van der Waals surface area contributed by atoms with Crippen LogP contribution in [0.15, 0.2) is 11.2 Å². The second-order valence-corrected chi connectivity index (χ2v) is 6.08. The van der Waals surface area contributed by atoms with Crippen LogP contribution in [0, 0.1) is 6.92 Å². The van der Waals surface area contributed by atoms with E-state index in [1.54, 1.807) is 11.7 Å². The molecule has 10 heteroatoms. The van der Waals surface area contributed by atoms with E-state index < -0.39 is 30.4 Å². The van der Waals surface area contributed by atoms with E-state index in [1.165, 1.54) is 11.9 Å². The highest BCUT2D eigenvalue weighted by Crippen LogP contribution is 2.29. The maximum absolute atomic E-state index is 12.8. The summed E-state index contributed by atoms with van der Waals surface area (Å²) in [4.78, 5) is 43.0. The largest absolute Gasteiger partial charge is 0.401 e. The third-order valence-corrected chi connectivity index (χ3v) is 4.37. The number of hydrogen-bond acceptors (Lipinski definition) is 5. The quantitative estimate of drug-likeness (QED) is 0.528. The molecule has 3 rings (SSSR count). The van der Waals surface area contributed by atoms with Crippen LogP contribution in [0.5, 0.6) is 0 Å². The second-order valence-electron chi connectivity index (χ2n) is 6.08. The molecule has 3 heterocycles. The van der Waals surface area contributed by atoms with Crippen molar-refractivity contribution < 1.29 is 23.7 Å². The van der Waals surface area contributed by atoms with Crippen molar-refractivity contribution in [2.45, 2.75) is 25.9 Å². The van der Waals surface area contributed by atoms with Gasteiger partial charge in [-0.2, -0.15) is 0 Å². The van der Waals surface area contributed by atoms with Crippen molar-refractivity contribution in [1.29, 1.82) is 0 Å². The molecule has 1 aromatic heterocycles. The lowest BCUT2D eigenvalue weighted by molar-refractivity contribution is -0.677. The molecule has 134 valence electrons. The summed E-state index contributed by atoms with van der Waals surface area (Å²) in [6.07, 6.45) is 2.62. The van der Waals surface area contributed by atoms with Gasteiger partial charge in [0, 0.05) is 27.2 Å². The highest BCUT2D eigenvalue weighted by Gasteiger charge is 2.53. The first kappa shape index (κ1) is 17.1. The van der Waals surface area contributed by atoms with Gasteiger partial charge in [0.2, 0.25) is 17.8 Å².